The third kappa shape index (κ3) is 6.13. The molecule has 1 atom stereocenters. The highest BCUT2D eigenvalue weighted by Crippen LogP contribution is 1.86. The summed E-state index contributed by atoms with van der Waals surface area (Å²) in [5.74, 6) is -0.282. The molecular formula is C5H14Cl2N2O. The number of hydrogen-bond acceptors (Lipinski definition) is 2. The number of halogens is 2. The summed E-state index contributed by atoms with van der Waals surface area (Å²) in [7, 11) is 3.63. The van der Waals surface area contributed by atoms with Crippen LogP contribution in [0.1, 0.15) is 6.92 Å². The molecule has 1 amide bonds. The van der Waals surface area contributed by atoms with E-state index in [1.54, 1.807) is 11.8 Å². The highest BCUT2D eigenvalue weighted by molar-refractivity contribution is 5.85. The predicted molar refractivity (Wildman–Crippen MR) is 46.8 cm³/mol. The normalized spacial score (nSPS) is 11.2. The molecule has 0 unspecified atom stereocenters. The number of likely N-dealkylation sites (N-methyl/N-ethyl adjacent to an activating group) is 1. The molecule has 0 fully saturated rings. The van der Waals surface area contributed by atoms with Crippen molar-refractivity contribution in [2.75, 3.05) is 14.1 Å². The number of hydrogen-bond donors (Lipinski definition) is 1. The van der Waals surface area contributed by atoms with Gasteiger partial charge >= 0.3 is 0 Å². The molecule has 0 saturated carbocycles. The molecule has 0 heterocycles. The Labute approximate surface area is 73.8 Å². The lowest BCUT2D eigenvalue weighted by Gasteiger charge is -2.14. The smallest absolute Gasteiger partial charge is 0.234 e. The summed E-state index contributed by atoms with van der Waals surface area (Å²) in [6.45, 7) is 1.77. The molecule has 0 aromatic heterocycles. The standard InChI is InChI=1S/C5H12N2O.2ClH/c1-4(5(6)8)7(2)3;;/h4H,1-3H3,(H2,6,8);2*1H/t4-;;/m1../s1. The molecule has 0 aromatic rings. The van der Waals surface area contributed by atoms with E-state index in [1.165, 1.54) is 0 Å². The minimum absolute atomic E-state index is 0. The molecule has 0 aliphatic rings. The molecule has 5 heteroatoms. The van der Waals surface area contributed by atoms with Crippen molar-refractivity contribution >= 4 is 30.7 Å². The minimum atomic E-state index is -0.282. The number of primary amides is 1. The van der Waals surface area contributed by atoms with Crippen LogP contribution in [0.25, 0.3) is 0 Å². The zero-order chi connectivity index (χ0) is 6.73. The summed E-state index contributed by atoms with van der Waals surface area (Å²) < 4.78 is 0. The average Bonchev–Trinajstić information content (AvgIpc) is 1.64. The summed E-state index contributed by atoms with van der Waals surface area (Å²) in [5, 5.41) is 0. The number of amides is 1. The summed E-state index contributed by atoms with van der Waals surface area (Å²) in [6, 6.07) is -0.157. The Bertz CT molecular complexity index is 97.6. The molecule has 0 radical (unpaired) electrons. The molecule has 0 bridgehead atoms. The van der Waals surface area contributed by atoms with Gasteiger partial charge in [0.1, 0.15) is 0 Å². The van der Waals surface area contributed by atoms with Crippen molar-refractivity contribution in [3.8, 4) is 0 Å². The molecule has 0 aromatic carbocycles. The third-order valence-electron chi connectivity index (χ3n) is 1.19. The molecule has 0 aliphatic heterocycles. The SMILES string of the molecule is C[C@H](C(N)=O)N(C)C.Cl.Cl. The van der Waals surface area contributed by atoms with Crippen LogP contribution in [0.4, 0.5) is 0 Å². The second-order valence-corrected chi connectivity index (χ2v) is 2.04. The largest absolute Gasteiger partial charge is 0.368 e. The van der Waals surface area contributed by atoms with Crippen molar-refractivity contribution in [1.82, 2.24) is 4.90 Å². The second-order valence-electron chi connectivity index (χ2n) is 2.04. The first-order valence-electron chi connectivity index (χ1n) is 2.51. The maximum Gasteiger partial charge on any atom is 0.234 e. The van der Waals surface area contributed by atoms with Gasteiger partial charge in [-0.2, -0.15) is 0 Å². The average molecular weight is 189 g/mol. The van der Waals surface area contributed by atoms with Gasteiger partial charge < -0.3 is 5.73 Å². The van der Waals surface area contributed by atoms with E-state index in [4.69, 9.17) is 5.73 Å². The quantitative estimate of drug-likeness (QED) is 0.677. The van der Waals surface area contributed by atoms with Gasteiger partial charge in [-0.3, -0.25) is 9.69 Å². The van der Waals surface area contributed by atoms with Crippen LogP contribution in [0.15, 0.2) is 0 Å². The van der Waals surface area contributed by atoms with Gasteiger partial charge in [0.25, 0.3) is 0 Å². The maximum absolute atomic E-state index is 10.3. The van der Waals surface area contributed by atoms with Crippen molar-refractivity contribution in [3.63, 3.8) is 0 Å². The van der Waals surface area contributed by atoms with Gasteiger partial charge in [-0.15, -0.1) is 24.8 Å². The first-order chi connectivity index (χ1) is 3.55. The fourth-order valence-electron chi connectivity index (χ4n) is 0.254. The number of nitrogens with two attached hydrogens (primary N) is 1. The van der Waals surface area contributed by atoms with Gasteiger partial charge in [0, 0.05) is 0 Å². The van der Waals surface area contributed by atoms with Crippen LogP contribution in [0.3, 0.4) is 0 Å². The summed E-state index contributed by atoms with van der Waals surface area (Å²) in [5.41, 5.74) is 4.96. The first-order valence-corrected chi connectivity index (χ1v) is 2.51. The lowest BCUT2D eigenvalue weighted by molar-refractivity contribution is -0.121. The maximum atomic E-state index is 10.3. The minimum Gasteiger partial charge on any atom is -0.368 e. The Morgan fingerprint density at radius 3 is 1.70 bits per heavy atom. The van der Waals surface area contributed by atoms with Crippen LogP contribution in [-0.2, 0) is 4.79 Å². The third-order valence-corrected chi connectivity index (χ3v) is 1.19. The molecule has 2 N–H and O–H groups in total. The molecule has 0 aliphatic carbocycles. The van der Waals surface area contributed by atoms with Gasteiger partial charge in [0.05, 0.1) is 6.04 Å². The monoisotopic (exact) mass is 188 g/mol. The Kier molecular flexibility index (Phi) is 11.8. The Morgan fingerprint density at radius 2 is 1.70 bits per heavy atom. The van der Waals surface area contributed by atoms with Gasteiger partial charge in [-0.1, -0.05) is 0 Å². The predicted octanol–water partition coefficient (Wildman–Crippen LogP) is 0.265. The van der Waals surface area contributed by atoms with E-state index in [0.29, 0.717) is 0 Å². The van der Waals surface area contributed by atoms with Crippen molar-refractivity contribution in [1.29, 1.82) is 0 Å². The molecule has 0 rings (SSSR count). The van der Waals surface area contributed by atoms with E-state index in [1.807, 2.05) is 14.1 Å². The fourth-order valence-corrected chi connectivity index (χ4v) is 0.254. The van der Waals surface area contributed by atoms with Gasteiger partial charge in [0.2, 0.25) is 5.91 Å². The molecule has 0 spiro atoms. The number of nitrogens with zero attached hydrogens (tertiary/aromatic N) is 1. The molecule has 3 nitrogen and oxygen atoms in total. The number of rotatable bonds is 2. The van der Waals surface area contributed by atoms with Gasteiger partial charge in [0.15, 0.2) is 0 Å². The Morgan fingerprint density at radius 1 is 1.40 bits per heavy atom. The lowest BCUT2D eigenvalue weighted by Crippen LogP contribution is -2.37. The van der Waals surface area contributed by atoms with E-state index >= 15 is 0 Å². The number of carbonyl (C=O) groups excluding carboxylic acids is 1. The van der Waals surface area contributed by atoms with Crippen molar-refractivity contribution in [2.45, 2.75) is 13.0 Å². The molecule has 0 saturated heterocycles. The van der Waals surface area contributed by atoms with Crippen LogP contribution >= 0.6 is 24.8 Å². The Hall–Kier alpha value is 0.01000. The zero-order valence-electron chi connectivity index (χ0n) is 6.33. The van der Waals surface area contributed by atoms with Crippen LogP contribution in [0, 0.1) is 0 Å². The van der Waals surface area contributed by atoms with Gasteiger partial charge in [-0.05, 0) is 21.0 Å². The molecular weight excluding hydrogens is 175 g/mol. The topological polar surface area (TPSA) is 46.3 Å². The summed E-state index contributed by atoms with van der Waals surface area (Å²) >= 11 is 0. The van der Waals surface area contributed by atoms with Crippen molar-refractivity contribution < 1.29 is 4.79 Å². The van der Waals surface area contributed by atoms with Crippen LogP contribution in [0.2, 0.25) is 0 Å². The highest BCUT2D eigenvalue weighted by atomic mass is 35.5. The van der Waals surface area contributed by atoms with E-state index in [2.05, 4.69) is 0 Å². The van der Waals surface area contributed by atoms with Crippen molar-refractivity contribution in [2.24, 2.45) is 5.73 Å². The van der Waals surface area contributed by atoms with Gasteiger partial charge in [-0.25, -0.2) is 0 Å². The van der Waals surface area contributed by atoms with Crippen molar-refractivity contribution in [3.05, 3.63) is 0 Å². The van der Waals surface area contributed by atoms with Crippen LogP contribution < -0.4 is 5.73 Å². The zero-order valence-corrected chi connectivity index (χ0v) is 7.96. The van der Waals surface area contributed by atoms with E-state index in [0.717, 1.165) is 0 Å². The van der Waals surface area contributed by atoms with E-state index in [9.17, 15) is 4.79 Å². The second kappa shape index (κ2) is 7.12. The Balaban J connectivity index is -0.000000245. The highest BCUT2D eigenvalue weighted by Gasteiger charge is 2.08. The fraction of sp³-hybridized carbons (Fsp3) is 0.800. The lowest BCUT2D eigenvalue weighted by atomic mass is 10.3. The van der Waals surface area contributed by atoms with E-state index in [-0.39, 0.29) is 36.8 Å². The summed E-state index contributed by atoms with van der Waals surface area (Å²) in [6.07, 6.45) is 0. The molecule has 10 heavy (non-hydrogen) atoms. The summed E-state index contributed by atoms with van der Waals surface area (Å²) in [4.78, 5) is 12.1. The first kappa shape index (κ1) is 16.5. The molecule has 64 valence electrons. The van der Waals surface area contributed by atoms with E-state index < -0.39 is 0 Å². The van der Waals surface area contributed by atoms with Crippen LogP contribution in [0.5, 0.6) is 0 Å². The van der Waals surface area contributed by atoms with Crippen LogP contribution in [-0.4, -0.2) is 30.9 Å². The number of carbonyl (C=O) groups is 1.